The summed E-state index contributed by atoms with van der Waals surface area (Å²) >= 11 is 1.28. The standard InChI is InChI=1S/C19H16N4O4S/c1-11(24)21-16-9-14(7-8-20-16)17(25)23-19-22-15(10-28-19)12-3-5-13(6-4-12)18(26)27-2/h3-10H,1-2H3,(H,20,21,24)(H,22,23,25). The van der Waals surface area contributed by atoms with E-state index in [1.165, 1.54) is 37.6 Å². The van der Waals surface area contributed by atoms with Crippen molar-refractivity contribution in [2.24, 2.45) is 0 Å². The lowest BCUT2D eigenvalue weighted by Gasteiger charge is -2.04. The maximum absolute atomic E-state index is 12.4. The van der Waals surface area contributed by atoms with Crippen LogP contribution >= 0.6 is 11.3 Å². The maximum Gasteiger partial charge on any atom is 0.337 e. The zero-order valence-electron chi connectivity index (χ0n) is 15.1. The fourth-order valence-electron chi connectivity index (χ4n) is 2.35. The van der Waals surface area contributed by atoms with E-state index in [9.17, 15) is 14.4 Å². The lowest BCUT2D eigenvalue weighted by Crippen LogP contribution is -2.13. The first-order valence-corrected chi connectivity index (χ1v) is 9.03. The molecular formula is C19H16N4O4S. The number of nitrogens with zero attached hydrogens (tertiary/aromatic N) is 2. The number of aromatic nitrogens is 2. The molecule has 8 nitrogen and oxygen atoms in total. The first-order chi connectivity index (χ1) is 13.5. The SMILES string of the molecule is COC(=O)c1ccc(-c2csc(NC(=O)c3ccnc(NC(C)=O)c3)n2)cc1. The minimum absolute atomic E-state index is 0.271. The quantitative estimate of drug-likeness (QED) is 0.641. The van der Waals surface area contributed by atoms with Crippen LogP contribution < -0.4 is 10.6 Å². The third-order valence-electron chi connectivity index (χ3n) is 3.65. The molecule has 0 saturated carbocycles. The second-order valence-corrected chi connectivity index (χ2v) is 6.53. The third-order valence-corrected chi connectivity index (χ3v) is 4.41. The number of esters is 1. The Bertz CT molecular complexity index is 1030. The van der Waals surface area contributed by atoms with Crippen LogP contribution in [0.2, 0.25) is 0 Å². The normalized spacial score (nSPS) is 10.2. The van der Waals surface area contributed by atoms with Crippen molar-refractivity contribution in [3.8, 4) is 11.3 Å². The molecule has 9 heteroatoms. The van der Waals surface area contributed by atoms with Crippen LogP contribution in [0, 0.1) is 0 Å². The molecule has 2 heterocycles. The van der Waals surface area contributed by atoms with Crippen LogP contribution in [0.3, 0.4) is 0 Å². The summed E-state index contributed by atoms with van der Waals surface area (Å²) in [6.07, 6.45) is 1.44. The summed E-state index contributed by atoms with van der Waals surface area (Å²) in [5.74, 6) is -0.747. The number of carbonyl (C=O) groups excluding carboxylic acids is 3. The van der Waals surface area contributed by atoms with E-state index in [2.05, 4.69) is 25.3 Å². The highest BCUT2D eigenvalue weighted by Crippen LogP contribution is 2.25. The van der Waals surface area contributed by atoms with Crippen LogP contribution in [0.1, 0.15) is 27.6 Å². The van der Waals surface area contributed by atoms with Crippen molar-refractivity contribution in [2.75, 3.05) is 17.7 Å². The van der Waals surface area contributed by atoms with Crippen molar-refractivity contribution < 1.29 is 19.1 Å². The smallest absolute Gasteiger partial charge is 0.337 e. The van der Waals surface area contributed by atoms with Crippen LogP contribution in [0.15, 0.2) is 48.0 Å². The van der Waals surface area contributed by atoms with Crippen LogP contribution in [0.5, 0.6) is 0 Å². The van der Waals surface area contributed by atoms with Gasteiger partial charge in [0.25, 0.3) is 5.91 Å². The molecule has 2 aromatic heterocycles. The topological polar surface area (TPSA) is 110 Å². The molecule has 3 rings (SSSR count). The van der Waals surface area contributed by atoms with Crippen molar-refractivity contribution in [3.63, 3.8) is 0 Å². The molecule has 1 aromatic carbocycles. The molecule has 0 saturated heterocycles. The van der Waals surface area contributed by atoms with Gasteiger partial charge in [-0.3, -0.25) is 14.9 Å². The Morgan fingerprint density at radius 3 is 2.46 bits per heavy atom. The van der Waals surface area contributed by atoms with E-state index in [0.717, 1.165) is 5.56 Å². The first kappa shape index (κ1) is 19.2. The van der Waals surface area contributed by atoms with Crippen molar-refractivity contribution in [2.45, 2.75) is 6.92 Å². The molecule has 2 N–H and O–H groups in total. The summed E-state index contributed by atoms with van der Waals surface area (Å²) in [5.41, 5.74) is 2.27. The fourth-order valence-corrected chi connectivity index (χ4v) is 3.06. The Morgan fingerprint density at radius 2 is 1.79 bits per heavy atom. The largest absolute Gasteiger partial charge is 0.465 e. The van der Waals surface area contributed by atoms with Crippen LogP contribution in [0.4, 0.5) is 10.9 Å². The molecule has 28 heavy (non-hydrogen) atoms. The number of hydrogen-bond acceptors (Lipinski definition) is 7. The second-order valence-electron chi connectivity index (χ2n) is 5.67. The molecule has 142 valence electrons. The highest BCUT2D eigenvalue weighted by atomic mass is 32.1. The number of amides is 2. The molecule has 0 atom stereocenters. The van der Waals surface area contributed by atoms with Crippen molar-refractivity contribution in [1.29, 1.82) is 0 Å². The van der Waals surface area contributed by atoms with E-state index in [-0.39, 0.29) is 11.8 Å². The summed E-state index contributed by atoms with van der Waals surface area (Å²) in [5, 5.41) is 7.48. The van der Waals surface area contributed by atoms with Gasteiger partial charge >= 0.3 is 5.97 Å². The molecule has 0 fully saturated rings. The van der Waals surface area contributed by atoms with E-state index >= 15 is 0 Å². The monoisotopic (exact) mass is 396 g/mol. The van der Waals surface area contributed by atoms with E-state index < -0.39 is 5.97 Å². The van der Waals surface area contributed by atoms with Gasteiger partial charge in [0.2, 0.25) is 5.91 Å². The Labute approximate surface area is 164 Å². The maximum atomic E-state index is 12.4. The molecule has 2 amide bonds. The Kier molecular flexibility index (Phi) is 5.75. The van der Waals surface area contributed by atoms with Gasteiger partial charge in [-0.15, -0.1) is 11.3 Å². The lowest BCUT2D eigenvalue weighted by molar-refractivity contribution is -0.114. The summed E-state index contributed by atoms with van der Waals surface area (Å²) in [6.45, 7) is 1.36. The Morgan fingerprint density at radius 1 is 1.04 bits per heavy atom. The predicted octanol–water partition coefficient (Wildman–Crippen LogP) is 3.20. The number of anilines is 2. The number of methoxy groups -OCH3 is 1. The highest BCUT2D eigenvalue weighted by molar-refractivity contribution is 7.14. The summed E-state index contributed by atoms with van der Waals surface area (Å²) in [4.78, 5) is 43.4. The average molecular weight is 396 g/mol. The minimum Gasteiger partial charge on any atom is -0.465 e. The van der Waals surface area contributed by atoms with Gasteiger partial charge in [-0.1, -0.05) is 12.1 Å². The molecular weight excluding hydrogens is 380 g/mol. The first-order valence-electron chi connectivity index (χ1n) is 8.15. The van der Waals surface area contributed by atoms with Gasteiger partial charge in [-0.05, 0) is 24.3 Å². The predicted molar refractivity (Wildman–Crippen MR) is 105 cm³/mol. The summed E-state index contributed by atoms with van der Waals surface area (Å²) in [7, 11) is 1.33. The van der Waals surface area contributed by atoms with Crippen LogP contribution in [-0.2, 0) is 9.53 Å². The number of nitrogens with one attached hydrogen (secondary N) is 2. The van der Waals surface area contributed by atoms with E-state index in [1.54, 1.807) is 35.7 Å². The van der Waals surface area contributed by atoms with Gasteiger partial charge in [-0.25, -0.2) is 14.8 Å². The number of ether oxygens (including phenoxy) is 1. The van der Waals surface area contributed by atoms with Crippen LogP contribution in [-0.4, -0.2) is 34.9 Å². The van der Waals surface area contributed by atoms with Gasteiger partial charge in [0.15, 0.2) is 5.13 Å². The molecule has 3 aromatic rings. The van der Waals surface area contributed by atoms with E-state index in [0.29, 0.717) is 27.8 Å². The van der Waals surface area contributed by atoms with Gasteiger partial charge in [0.1, 0.15) is 5.82 Å². The number of pyridine rings is 1. The average Bonchev–Trinajstić information content (AvgIpc) is 3.15. The Hall–Kier alpha value is -3.59. The molecule has 0 aliphatic heterocycles. The molecule has 0 spiro atoms. The molecule has 0 radical (unpaired) electrons. The van der Waals surface area contributed by atoms with Crippen molar-refractivity contribution in [3.05, 3.63) is 59.1 Å². The molecule has 0 bridgehead atoms. The van der Waals surface area contributed by atoms with Crippen LogP contribution in [0.25, 0.3) is 11.3 Å². The molecule has 0 aliphatic rings. The van der Waals surface area contributed by atoms with Gasteiger partial charge in [0.05, 0.1) is 18.4 Å². The zero-order valence-corrected chi connectivity index (χ0v) is 15.9. The van der Waals surface area contributed by atoms with Gasteiger partial charge < -0.3 is 10.1 Å². The number of benzene rings is 1. The Balaban J connectivity index is 1.71. The summed E-state index contributed by atoms with van der Waals surface area (Å²) < 4.78 is 4.67. The number of rotatable bonds is 5. The van der Waals surface area contributed by atoms with Gasteiger partial charge in [0, 0.05) is 29.6 Å². The highest BCUT2D eigenvalue weighted by Gasteiger charge is 2.12. The van der Waals surface area contributed by atoms with E-state index in [4.69, 9.17) is 0 Å². The van der Waals surface area contributed by atoms with E-state index in [1.807, 2.05) is 0 Å². The lowest BCUT2D eigenvalue weighted by atomic mass is 10.1. The number of thiazole rings is 1. The zero-order chi connectivity index (χ0) is 20.1. The van der Waals surface area contributed by atoms with Crippen molar-refractivity contribution >= 4 is 40.1 Å². The molecule has 0 unspecified atom stereocenters. The number of hydrogen-bond donors (Lipinski definition) is 2. The summed E-state index contributed by atoms with van der Waals surface area (Å²) in [6, 6.07) is 9.85. The fraction of sp³-hybridized carbons (Fsp3) is 0.105. The minimum atomic E-state index is -0.409. The van der Waals surface area contributed by atoms with Crippen molar-refractivity contribution in [1.82, 2.24) is 9.97 Å². The molecule has 0 aliphatic carbocycles. The van der Waals surface area contributed by atoms with Gasteiger partial charge in [-0.2, -0.15) is 0 Å². The third kappa shape index (κ3) is 4.57. The second kappa shape index (κ2) is 8.40. The number of carbonyl (C=O) groups is 3.